The van der Waals surface area contributed by atoms with Crippen molar-refractivity contribution in [2.75, 3.05) is 6.61 Å². The SMILES string of the molecule is CCC[O][Ge]([CH3])([CH3])[CH3]. The van der Waals surface area contributed by atoms with Crippen molar-refractivity contribution in [1.29, 1.82) is 0 Å². The van der Waals surface area contributed by atoms with Crippen LogP contribution in [0.4, 0.5) is 0 Å². The first kappa shape index (κ1) is 8.50. The second-order valence-corrected chi connectivity index (χ2v) is 12.4. The van der Waals surface area contributed by atoms with E-state index in [2.05, 4.69) is 24.2 Å². The van der Waals surface area contributed by atoms with E-state index in [1.54, 1.807) is 0 Å². The molecule has 0 aliphatic carbocycles. The molecule has 0 bridgehead atoms. The number of hydrogen-bond acceptors (Lipinski definition) is 1. The Morgan fingerprint density at radius 2 is 1.75 bits per heavy atom. The molecule has 0 unspecified atom stereocenters. The predicted octanol–water partition coefficient (Wildman–Crippen LogP) is 2.25. The van der Waals surface area contributed by atoms with Crippen molar-refractivity contribution in [3.05, 3.63) is 0 Å². The molecule has 0 N–H and O–H groups in total. The zero-order valence-electron chi connectivity index (χ0n) is 6.32. The summed E-state index contributed by atoms with van der Waals surface area (Å²) >= 11 is -1.61. The third-order valence-electron chi connectivity index (χ3n) is 0.739. The molecule has 0 spiro atoms. The van der Waals surface area contributed by atoms with Crippen LogP contribution in [0, 0.1) is 0 Å². The Morgan fingerprint density at radius 3 is 1.88 bits per heavy atom. The van der Waals surface area contributed by atoms with Crippen molar-refractivity contribution >= 4 is 13.6 Å². The van der Waals surface area contributed by atoms with Gasteiger partial charge in [0.1, 0.15) is 0 Å². The monoisotopic (exact) mass is 178 g/mol. The summed E-state index contributed by atoms with van der Waals surface area (Å²) in [6.45, 7) is 3.11. The third-order valence-corrected chi connectivity index (χ3v) is 2.98. The van der Waals surface area contributed by atoms with Crippen LogP contribution in [0.1, 0.15) is 13.3 Å². The molecule has 0 saturated heterocycles. The molecule has 1 nitrogen and oxygen atoms in total. The average Bonchev–Trinajstić information content (AvgIpc) is 1.59. The van der Waals surface area contributed by atoms with E-state index in [1.165, 1.54) is 0 Å². The van der Waals surface area contributed by atoms with Gasteiger partial charge in [0, 0.05) is 0 Å². The summed E-state index contributed by atoms with van der Waals surface area (Å²) in [6.07, 6.45) is 1.16. The summed E-state index contributed by atoms with van der Waals surface area (Å²) in [5.41, 5.74) is 0. The molecule has 8 heavy (non-hydrogen) atoms. The van der Waals surface area contributed by atoms with Gasteiger partial charge in [-0.3, -0.25) is 0 Å². The fourth-order valence-electron chi connectivity index (χ4n) is 0.408. The normalized spacial score (nSPS) is 12.0. The molecule has 0 saturated carbocycles. The molecule has 0 aromatic heterocycles. The Kier molecular flexibility index (Phi) is 3.73. The Labute approximate surface area is 55.1 Å². The van der Waals surface area contributed by atoms with Gasteiger partial charge in [-0.25, -0.2) is 0 Å². The second-order valence-electron chi connectivity index (χ2n) is 2.96. The topological polar surface area (TPSA) is 9.23 Å². The standard InChI is InChI=1S/C6H16GeO/c1-5-6-8-7(2,3)4/h5-6H2,1-4H3. The van der Waals surface area contributed by atoms with Gasteiger partial charge in [-0.15, -0.1) is 0 Å². The first-order valence-electron chi connectivity index (χ1n) is 3.20. The van der Waals surface area contributed by atoms with Crippen LogP contribution in [-0.2, 0) is 3.76 Å². The zero-order chi connectivity index (χ0) is 6.62. The van der Waals surface area contributed by atoms with Gasteiger partial charge in [0.05, 0.1) is 0 Å². The van der Waals surface area contributed by atoms with E-state index in [0.29, 0.717) is 0 Å². The minimum atomic E-state index is -1.61. The molecule has 0 amide bonds. The maximum absolute atomic E-state index is 5.57. The quantitative estimate of drug-likeness (QED) is 0.600. The van der Waals surface area contributed by atoms with Crippen molar-refractivity contribution in [3.63, 3.8) is 0 Å². The van der Waals surface area contributed by atoms with Crippen LogP contribution in [0.5, 0.6) is 0 Å². The van der Waals surface area contributed by atoms with E-state index in [4.69, 9.17) is 3.76 Å². The first-order valence-corrected chi connectivity index (χ1v) is 10.4. The molecule has 2 heteroatoms. The summed E-state index contributed by atoms with van der Waals surface area (Å²) < 4.78 is 5.57. The molecule has 0 heterocycles. The molecule has 0 fully saturated rings. The summed E-state index contributed by atoms with van der Waals surface area (Å²) in [4.78, 5) is 0. The van der Waals surface area contributed by atoms with Crippen LogP contribution >= 0.6 is 0 Å². The van der Waals surface area contributed by atoms with Gasteiger partial charge in [-0.05, 0) is 0 Å². The summed E-state index contributed by atoms with van der Waals surface area (Å²) in [6, 6.07) is 0. The molecule has 0 atom stereocenters. The van der Waals surface area contributed by atoms with Crippen LogP contribution < -0.4 is 0 Å². The first-order chi connectivity index (χ1) is 3.56. The van der Waals surface area contributed by atoms with Gasteiger partial charge in [0.25, 0.3) is 0 Å². The van der Waals surface area contributed by atoms with Crippen LogP contribution in [-0.4, -0.2) is 20.2 Å². The molecule has 0 aliphatic heterocycles. The van der Waals surface area contributed by atoms with Gasteiger partial charge < -0.3 is 0 Å². The van der Waals surface area contributed by atoms with Crippen molar-refractivity contribution in [1.82, 2.24) is 0 Å². The van der Waals surface area contributed by atoms with E-state index in [9.17, 15) is 0 Å². The Balaban J connectivity index is 3.11. The maximum atomic E-state index is 5.57. The van der Waals surface area contributed by atoms with Gasteiger partial charge in [-0.2, -0.15) is 0 Å². The molecule has 50 valence electrons. The fourth-order valence-corrected chi connectivity index (χ4v) is 2.12. The molecular weight excluding hydrogens is 161 g/mol. The van der Waals surface area contributed by atoms with Gasteiger partial charge in [0.2, 0.25) is 0 Å². The van der Waals surface area contributed by atoms with Crippen LogP contribution in [0.2, 0.25) is 17.3 Å². The molecule has 0 rings (SSSR count). The van der Waals surface area contributed by atoms with Crippen LogP contribution in [0.3, 0.4) is 0 Å². The van der Waals surface area contributed by atoms with E-state index in [1.807, 2.05) is 0 Å². The van der Waals surface area contributed by atoms with Gasteiger partial charge in [0.15, 0.2) is 0 Å². The molecular formula is C6H16GeO. The fraction of sp³-hybridized carbons (Fsp3) is 1.00. The summed E-state index contributed by atoms with van der Waals surface area (Å²) in [7, 11) is 0. The van der Waals surface area contributed by atoms with E-state index < -0.39 is 13.6 Å². The summed E-state index contributed by atoms with van der Waals surface area (Å²) in [5.74, 6) is 6.78. The van der Waals surface area contributed by atoms with E-state index in [-0.39, 0.29) is 0 Å². The second kappa shape index (κ2) is 3.51. The summed E-state index contributed by atoms with van der Waals surface area (Å²) in [5, 5.41) is 0. The van der Waals surface area contributed by atoms with E-state index >= 15 is 0 Å². The van der Waals surface area contributed by atoms with Crippen molar-refractivity contribution in [2.24, 2.45) is 0 Å². The van der Waals surface area contributed by atoms with Crippen molar-refractivity contribution in [2.45, 2.75) is 30.6 Å². The Hall–Kier alpha value is 0.503. The van der Waals surface area contributed by atoms with Crippen LogP contribution in [0.25, 0.3) is 0 Å². The van der Waals surface area contributed by atoms with Crippen molar-refractivity contribution < 1.29 is 3.76 Å². The average molecular weight is 177 g/mol. The van der Waals surface area contributed by atoms with Crippen LogP contribution in [0.15, 0.2) is 0 Å². The van der Waals surface area contributed by atoms with Crippen molar-refractivity contribution in [3.8, 4) is 0 Å². The molecule has 0 radical (unpaired) electrons. The van der Waals surface area contributed by atoms with Gasteiger partial charge >= 0.3 is 54.6 Å². The molecule has 0 aliphatic rings. The zero-order valence-corrected chi connectivity index (χ0v) is 8.42. The Bertz CT molecular complexity index is 56.0. The number of hydrogen-bond donors (Lipinski definition) is 0. The van der Waals surface area contributed by atoms with E-state index in [0.717, 1.165) is 13.0 Å². The predicted molar refractivity (Wildman–Crippen MR) is 39.6 cm³/mol. The third kappa shape index (κ3) is 6.50. The number of rotatable bonds is 3. The molecule has 0 aromatic rings. The minimum absolute atomic E-state index is 0.962. The van der Waals surface area contributed by atoms with Gasteiger partial charge in [-0.1, -0.05) is 0 Å². The molecule has 0 aromatic carbocycles. The Morgan fingerprint density at radius 1 is 1.25 bits per heavy atom.